The van der Waals surface area contributed by atoms with Crippen molar-refractivity contribution >= 4 is 22.4 Å². The minimum absolute atomic E-state index is 0. The fourth-order valence-corrected chi connectivity index (χ4v) is 3.75. The maximum Gasteiger partial charge on any atom is 0.246 e. The molecule has 0 amide bonds. The van der Waals surface area contributed by atoms with Gasteiger partial charge in [-0.2, -0.15) is 4.31 Å². The molecule has 0 saturated heterocycles. The Morgan fingerprint density at radius 2 is 1.62 bits per heavy atom. The largest absolute Gasteiger partial charge is 0.329 e. The zero-order chi connectivity index (χ0) is 16.9. The molecule has 2 rings (SSSR count). The first-order valence-corrected chi connectivity index (χ1v) is 8.59. The van der Waals surface area contributed by atoms with E-state index in [-0.39, 0.29) is 32.0 Å². The predicted octanol–water partition coefficient (Wildman–Crippen LogP) is 2.58. The van der Waals surface area contributed by atoms with Gasteiger partial charge in [0.05, 0.1) is 0 Å². The summed E-state index contributed by atoms with van der Waals surface area (Å²) in [4.78, 5) is -0.668. The Morgan fingerprint density at radius 3 is 2.25 bits per heavy atom. The van der Waals surface area contributed by atoms with Gasteiger partial charge < -0.3 is 5.73 Å². The summed E-state index contributed by atoms with van der Waals surface area (Å²) in [5, 5.41) is 0. The normalized spacial score (nSPS) is 11.3. The Labute approximate surface area is 146 Å². The second kappa shape index (κ2) is 9.08. The van der Waals surface area contributed by atoms with Gasteiger partial charge in [-0.3, -0.25) is 0 Å². The molecule has 0 unspecified atom stereocenters. The monoisotopic (exact) mass is 376 g/mol. The Balaban J connectivity index is 0.00000288. The molecule has 4 nitrogen and oxygen atoms in total. The van der Waals surface area contributed by atoms with Gasteiger partial charge in [-0.25, -0.2) is 17.2 Å². The minimum Gasteiger partial charge on any atom is -0.329 e. The van der Waals surface area contributed by atoms with Crippen LogP contribution in [0.2, 0.25) is 0 Å². The molecule has 2 N–H and O–H groups in total. The first-order chi connectivity index (χ1) is 11.0. The third kappa shape index (κ3) is 4.73. The van der Waals surface area contributed by atoms with Gasteiger partial charge in [-0.1, -0.05) is 36.4 Å². The van der Waals surface area contributed by atoms with E-state index < -0.39 is 26.6 Å². The van der Waals surface area contributed by atoms with Crippen LogP contribution < -0.4 is 5.73 Å². The SMILES string of the molecule is Cl.NCCN(CCc1ccccc1)S(=O)(=O)c1cccc(F)c1F. The molecule has 0 aromatic heterocycles. The Bertz CT molecular complexity index is 758. The Morgan fingerprint density at radius 1 is 0.958 bits per heavy atom. The van der Waals surface area contributed by atoms with Crippen LogP contribution in [-0.4, -0.2) is 32.4 Å². The number of nitrogens with zero attached hydrogens (tertiary/aromatic N) is 1. The second-order valence-corrected chi connectivity index (χ2v) is 6.89. The van der Waals surface area contributed by atoms with Crippen molar-refractivity contribution in [2.24, 2.45) is 5.73 Å². The minimum atomic E-state index is -4.15. The van der Waals surface area contributed by atoms with E-state index >= 15 is 0 Å². The first kappa shape index (κ1) is 20.5. The molecule has 0 radical (unpaired) electrons. The number of benzene rings is 2. The summed E-state index contributed by atoms with van der Waals surface area (Å²) in [6, 6.07) is 12.4. The average Bonchev–Trinajstić information content (AvgIpc) is 2.54. The molecule has 0 heterocycles. The number of nitrogens with two attached hydrogens (primary N) is 1. The molecule has 132 valence electrons. The molecule has 0 aliphatic rings. The Hall–Kier alpha value is -1.54. The van der Waals surface area contributed by atoms with Crippen molar-refractivity contribution in [3.63, 3.8) is 0 Å². The maximum absolute atomic E-state index is 13.8. The van der Waals surface area contributed by atoms with Gasteiger partial charge in [0.25, 0.3) is 0 Å². The summed E-state index contributed by atoms with van der Waals surface area (Å²) in [6.07, 6.45) is 0.455. The molecule has 0 spiro atoms. The lowest BCUT2D eigenvalue weighted by Crippen LogP contribution is -2.37. The van der Waals surface area contributed by atoms with Crippen molar-refractivity contribution in [1.82, 2.24) is 4.31 Å². The lowest BCUT2D eigenvalue weighted by atomic mass is 10.1. The van der Waals surface area contributed by atoms with Crippen LogP contribution in [0.3, 0.4) is 0 Å². The van der Waals surface area contributed by atoms with E-state index in [1.54, 1.807) is 0 Å². The fraction of sp³-hybridized carbons (Fsp3) is 0.250. The van der Waals surface area contributed by atoms with Crippen LogP contribution in [0.15, 0.2) is 53.4 Å². The van der Waals surface area contributed by atoms with Crippen molar-refractivity contribution in [1.29, 1.82) is 0 Å². The van der Waals surface area contributed by atoms with Gasteiger partial charge in [0.15, 0.2) is 11.6 Å². The van der Waals surface area contributed by atoms with Crippen molar-refractivity contribution in [3.05, 3.63) is 65.7 Å². The average molecular weight is 377 g/mol. The first-order valence-electron chi connectivity index (χ1n) is 7.15. The molecule has 0 aliphatic heterocycles. The lowest BCUT2D eigenvalue weighted by molar-refractivity contribution is 0.413. The quantitative estimate of drug-likeness (QED) is 0.807. The van der Waals surface area contributed by atoms with E-state index in [1.807, 2.05) is 30.3 Å². The predicted molar refractivity (Wildman–Crippen MR) is 91.6 cm³/mol. The van der Waals surface area contributed by atoms with Crippen molar-refractivity contribution in [2.75, 3.05) is 19.6 Å². The van der Waals surface area contributed by atoms with Crippen LogP contribution in [0.5, 0.6) is 0 Å². The standard InChI is InChI=1S/C16H18F2N2O2S.ClH/c17-14-7-4-8-15(16(14)18)23(21,22)20(12-10-19)11-9-13-5-2-1-3-6-13;/h1-8H,9-12,19H2;1H. The summed E-state index contributed by atoms with van der Waals surface area (Å²) in [6.45, 7) is 0.259. The van der Waals surface area contributed by atoms with E-state index in [0.29, 0.717) is 6.42 Å². The molecular formula is C16H19ClF2N2O2S. The topological polar surface area (TPSA) is 63.4 Å². The maximum atomic E-state index is 13.8. The van der Waals surface area contributed by atoms with E-state index in [9.17, 15) is 17.2 Å². The zero-order valence-electron chi connectivity index (χ0n) is 12.9. The second-order valence-electron chi connectivity index (χ2n) is 4.98. The van der Waals surface area contributed by atoms with E-state index in [4.69, 9.17) is 5.73 Å². The Kier molecular flexibility index (Phi) is 7.75. The van der Waals surface area contributed by atoms with E-state index in [1.165, 1.54) is 6.07 Å². The molecule has 0 atom stereocenters. The van der Waals surface area contributed by atoms with Crippen molar-refractivity contribution in [3.8, 4) is 0 Å². The van der Waals surface area contributed by atoms with Gasteiger partial charge in [0, 0.05) is 19.6 Å². The number of halogens is 3. The number of sulfonamides is 1. The smallest absolute Gasteiger partial charge is 0.246 e. The van der Waals surface area contributed by atoms with Crippen LogP contribution in [0.1, 0.15) is 5.56 Å². The summed E-state index contributed by atoms with van der Waals surface area (Å²) in [5.74, 6) is -2.56. The van der Waals surface area contributed by atoms with Crippen LogP contribution in [-0.2, 0) is 16.4 Å². The van der Waals surface area contributed by atoms with Crippen LogP contribution in [0.25, 0.3) is 0 Å². The van der Waals surface area contributed by atoms with Crippen LogP contribution in [0.4, 0.5) is 8.78 Å². The zero-order valence-corrected chi connectivity index (χ0v) is 14.5. The summed E-state index contributed by atoms with van der Waals surface area (Å²) >= 11 is 0. The molecule has 0 bridgehead atoms. The van der Waals surface area contributed by atoms with Gasteiger partial charge in [-0.15, -0.1) is 12.4 Å². The highest BCUT2D eigenvalue weighted by Crippen LogP contribution is 2.21. The molecule has 0 saturated carbocycles. The third-order valence-corrected chi connectivity index (χ3v) is 5.32. The third-order valence-electron chi connectivity index (χ3n) is 3.41. The van der Waals surface area contributed by atoms with Gasteiger partial charge in [0.1, 0.15) is 4.90 Å². The fourth-order valence-electron chi connectivity index (χ4n) is 2.22. The highest BCUT2D eigenvalue weighted by Gasteiger charge is 2.28. The molecule has 2 aromatic rings. The number of rotatable bonds is 7. The highest BCUT2D eigenvalue weighted by molar-refractivity contribution is 7.89. The van der Waals surface area contributed by atoms with E-state index in [2.05, 4.69) is 0 Å². The molecule has 24 heavy (non-hydrogen) atoms. The van der Waals surface area contributed by atoms with Crippen LogP contribution in [0, 0.1) is 11.6 Å². The molecular weight excluding hydrogens is 358 g/mol. The van der Waals surface area contributed by atoms with Crippen LogP contribution >= 0.6 is 12.4 Å². The van der Waals surface area contributed by atoms with Gasteiger partial charge >= 0.3 is 0 Å². The number of hydrogen-bond acceptors (Lipinski definition) is 3. The number of hydrogen-bond donors (Lipinski definition) is 1. The van der Waals surface area contributed by atoms with Gasteiger partial charge in [-0.05, 0) is 24.1 Å². The van der Waals surface area contributed by atoms with Crippen molar-refractivity contribution in [2.45, 2.75) is 11.3 Å². The molecule has 0 fully saturated rings. The van der Waals surface area contributed by atoms with Gasteiger partial charge in [0.2, 0.25) is 10.0 Å². The lowest BCUT2D eigenvalue weighted by Gasteiger charge is -2.22. The molecule has 0 aliphatic carbocycles. The molecule has 8 heteroatoms. The summed E-state index contributed by atoms with van der Waals surface area (Å²) in [5.41, 5.74) is 6.42. The van der Waals surface area contributed by atoms with Crippen molar-refractivity contribution < 1.29 is 17.2 Å². The summed E-state index contributed by atoms with van der Waals surface area (Å²) in [7, 11) is -4.15. The van der Waals surface area contributed by atoms with E-state index in [0.717, 1.165) is 22.0 Å². The summed E-state index contributed by atoms with van der Waals surface area (Å²) < 4.78 is 53.4. The molecule has 2 aromatic carbocycles. The highest BCUT2D eigenvalue weighted by atomic mass is 35.5.